The van der Waals surface area contributed by atoms with Gasteiger partial charge in [0.25, 0.3) is 0 Å². The molecular weight excluding hydrogens is 236 g/mol. The van der Waals surface area contributed by atoms with Crippen LogP contribution in [0.5, 0.6) is 11.5 Å². The van der Waals surface area contributed by atoms with Crippen molar-refractivity contribution in [1.29, 1.82) is 0 Å². The number of para-hydroxylation sites is 2. The Bertz CT molecular complexity index is 424. The number of ether oxygens (including phenoxy) is 1. The molecule has 0 radical (unpaired) electrons. The Kier molecular flexibility index (Phi) is 10.2. The van der Waals surface area contributed by atoms with Crippen LogP contribution in [0.25, 0.3) is 0 Å². The zero-order valence-electron chi connectivity index (χ0n) is 12.3. The lowest BCUT2D eigenvalue weighted by atomic mass is 10.2. The highest BCUT2D eigenvalue weighted by Crippen LogP contribution is 2.24. The van der Waals surface area contributed by atoms with Gasteiger partial charge in [-0.1, -0.05) is 64.1 Å². The molecule has 0 amide bonds. The molecule has 1 N–H and O–H groups in total. The summed E-state index contributed by atoms with van der Waals surface area (Å²) in [5.74, 6) is 1.48. The largest absolute Gasteiger partial charge is 0.457 e. The molecule has 0 aliphatic carbocycles. The van der Waals surface area contributed by atoms with Crippen LogP contribution in [0.2, 0.25) is 0 Å². The van der Waals surface area contributed by atoms with Crippen molar-refractivity contribution in [3.63, 3.8) is 0 Å². The van der Waals surface area contributed by atoms with E-state index < -0.39 is 0 Å². The van der Waals surface area contributed by atoms with Gasteiger partial charge < -0.3 is 9.84 Å². The van der Waals surface area contributed by atoms with Crippen LogP contribution in [-0.4, -0.2) is 5.11 Å². The highest BCUT2D eigenvalue weighted by molar-refractivity contribution is 5.37. The van der Waals surface area contributed by atoms with Gasteiger partial charge >= 0.3 is 0 Å². The van der Waals surface area contributed by atoms with Gasteiger partial charge in [-0.2, -0.15) is 0 Å². The fourth-order valence-corrected chi connectivity index (χ4v) is 1.35. The second kappa shape index (κ2) is 11.3. The van der Waals surface area contributed by atoms with Crippen LogP contribution in [0.4, 0.5) is 0 Å². The molecule has 2 aromatic carbocycles. The molecule has 104 valence electrons. The second-order valence-electron chi connectivity index (χ2n) is 3.18. The number of benzene rings is 2. The summed E-state index contributed by atoms with van der Waals surface area (Å²) in [5, 5.41) is 9.12. The van der Waals surface area contributed by atoms with Crippen molar-refractivity contribution < 1.29 is 9.84 Å². The molecule has 0 saturated heterocycles. The molecule has 0 heterocycles. The minimum atomic E-state index is -0.0109. The lowest BCUT2D eigenvalue weighted by molar-refractivity contribution is 0.276. The Hall–Kier alpha value is -1.80. The first kappa shape index (κ1) is 17.2. The van der Waals surface area contributed by atoms with Crippen LogP contribution in [-0.2, 0) is 6.61 Å². The van der Waals surface area contributed by atoms with E-state index >= 15 is 0 Å². The van der Waals surface area contributed by atoms with Crippen molar-refractivity contribution in [3.8, 4) is 11.5 Å². The normalized spacial score (nSPS) is 8.47. The van der Waals surface area contributed by atoms with Crippen LogP contribution in [0.1, 0.15) is 33.3 Å². The highest BCUT2D eigenvalue weighted by atomic mass is 16.5. The molecule has 0 bridgehead atoms. The molecule has 0 aliphatic rings. The van der Waals surface area contributed by atoms with Gasteiger partial charge in [-0.15, -0.1) is 0 Å². The van der Waals surface area contributed by atoms with E-state index in [4.69, 9.17) is 9.84 Å². The van der Waals surface area contributed by atoms with Gasteiger partial charge in [0.1, 0.15) is 11.5 Å². The molecule has 0 aliphatic heterocycles. The van der Waals surface area contributed by atoms with Crippen molar-refractivity contribution in [2.75, 3.05) is 0 Å². The first-order valence-corrected chi connectivity index (χ1v) is 6.82. The average molecular weight is 260 g/mol. The molecule has 0 aromatic heterocycles. The second-order valence-corrected chi connectivity index (χ2v) is 3.18. The Morgan fingerprint density at radius 2 is 1.32 bits per heavy atom. The lowest BCUT2D eigenvalue weighted by Gasteiger charge is -2.08. The number of aliphatic hydroxyl groups excluding tert-OH is 1. The SMILES string of the molecule is CC.CC.OCc1ccccc1Oc1ccccc1. The fourth-order valence-electron chi connectivity index (χ4n) is 1.35. The smallest absolute Gasteiger partial charge is 0.132 e. The summed E-state index contributed by atoms with van der Waals surface area (Å²) >= 11 is 0. The van der Waals surface area contributed by atoms with E-state index in [1.165, 1.54) is 0 Å². The minimum absolute atomic E-state index is 0.0109. The number of aliphatic hydroxyl groups is 1. The predicted molar refractivity (Wildman–Crippen MR) is 81.6 cm³/mol. The maximum absolute atomic E-state index is 9.12. The zero-order valence-corrected chi connectivity index (χ0v) is 12.3. The molecule has 0 fully saturated rings. The van der Waals surface area contributed by atoms with E-state index in [1.54, 1.807) is 0 Å². The maximum Gasteiger partial charge on any atom is 0.132 e. The summed E-state index contributed by atoms with van der Waals surface area (Å²) in [6.45, 7) is 7.99. The van der Waals surface area contributed by atoms with Gasteiger partial charge in [0.15, 0.2) is 0 Å². The van der Waals surface area contributed by atoms with E-state index in [2.05, 4.69) is 0 Å². The topological polar surface area (TPSA) is 29.5 Å². The highest BCUT2D eigenvalue weighted by Gasteiger charge is 2.01. The van der Waals surface area contributed by atoms with Gasteiger partial charge in [0, 0.05) is 5.56 Å². The van der Waals surface area contributed by atoms with Crippen LogP contribution in [0, 0.1) is 0 Å². The summed E-state index contributed by atoms with van der Waals surface area (Å²) in [4.78, 5) is 0. The van der Waals surface area contributed by atoms with E-state index in [1.807, 2.05) is 82.3 Å². The van der Waals surface area contributed by atoms with E-state index in [9.17, 15) is 0 Å². The lowest BCUT2D eigenvalue weighted by Crippen LogP contribution is -1.90. The van der Waals surface area contributed by atoms with Gasteiger partial charge in [-0.3, -0.25) is 0 Å². The maximum atomic E-state index is 9.12. The van der Waals surface area contributed by atoms with Crippen molar-refractivity contribution in [1.82, 2.24) is 0 Å². The van der Waals surface area contributed by atoms with E-state index in [0.29, 0.717) is 5.75 Å². The molecule has 0 saturated carbocycles. The Morgan fingerprint density at radius 1 is 0.789 bits per heavy atom. The van der Waals surface area contributed by atoms with Crippen molar-refractivity contribution in [2.45, 2.75) is 34.3 Å². The third kappa shape index (κ3) is 6.07. The molecule has 0 atom stereocenters. The summed E-state index contributed by atoms with van der Waals surface area (Å²) in [5.41, 5.74) is 0.793. The average Bonchev–Trinajstić information content (AvgIpc) is 2.53. The molecule has 0 unspecified atom stereocenters. The first-order chi connectivity index (χ1) is 9.40. The molecule has 0 spiro atoms. The van der Waals surface area contributed by atoms with Gasteiger partial charge in [0.2, 0.25) is 0 Å². The van der Waals surface area contributed by atoms with Crippen LogP contribution in [0.3, 0.4) is 0 Å². The fraction of sp³-hybridized carbons (Fsp3) is 0.294. The molecule has 2 rings (SSSR count). The number of hydrogen-bond acceptors (Lipinski definition) is 2. The Balaban J connectivity index is 0.000000741. The van der Waals surface area contributed by atoms with Gasteiger partial charge in [-0.25, -0.2) is 0 Å². The number of rotatable bonds is 3. The quantitative estimate of drug-likeness (QED) is 0.839. The van der Waals surface area contributed by atoms with Crippen LogP contribution < -0.4 is 4.74 Å². The Labute approximate surface area is 116 Å². The first-order valence-electron chi connectivity index (χ1n) is 6.82. The molecule has 19 heavy (non-hydrogen) atoms. The monoisotopic (exact) mass is 260 g/mol. The molecular formula is C17H24O2. The van der Waals surface area contributed by atoms with Crippen molar-refractivity contribution in [2.24, 2.45) is 0 Å². The number of hydrogen-bond donors (Lipinski definition) is 1. The minimum Gasteiger partial charge on any atom is -0.457 e. The summed E-state index contributed by atoms with van der Waals surface area (Å²) in [6.07, 6.45) is 0. The standard InChI is InChI=1S/C13H12O2.2C2H6/c14-10-11-6-4-5-9-13(11)15-12-7-2-1-3-8-12;2*1-2/h1-9,14H,10H2;2*1-2H3. The van der Waals surface area contributed by atoms with Crippen molar-refractivity contribution in [3.05, 3.63) is 60.2 Å². The Morgan fingerprint density at radius 3 is 1.89 bits per heavy atom. The third-order valence-electron chi connectivity index (χ3n) is 2.11. The van der Waals surface area contributed by atoms with Crippen molar-refractivity contribution >= 4 is 0 Å². The zero-order chi connectivity index (χ0) is 14.5. The summed E-state index contributed by atoms with van der Waals surface area (Å²) in [6, 6.07) is 17.0. The van der Waals surface area contributed by atoms with Crippen LogP contribution >= 0.6 is 0 Å². The van der Waals surface area contributed by atoms with Gasteiger partial charge in [-0.05, 0) is 18.2 Å². The van der Waals surface area contributed by atoms with Crippen LogP contribution in [0.15, 0.2) is 54.6 Å². The summed E-state index contributed by atoms with van der Waals surface area (Å²) < 4.78 is 5.64. The van der Waals surface area contributed by atoms with Gasteiger partial charge in [0.05, 0.1) is 6.61 Å². The molecule has 2 aromatic rings. The summed E-state index contributed by atoms with van der Waals surface area (Å²) in [7, 11) is 0. The van der Waals surface area contributed by atoms with E-state index in [-0.39, 0.29) is 6.61 Å². The molecule has 2 nitrogen and oxygen atoms in total. The predicted octanol–water partition coefficient (Wildman–Crippen LogP) is 5.02. The van der Waals surface area contributed by atoms with E-state index in [0.717, 1.165) is 11.3 Å². The third-order valence-corrected chi connectivity index (χ3v) is 2.11. The molecule has 2 heteroatoms.